The fraction of sp³-hybridized carbons (Fsp3) is 0.579. The van der Waals surface area contributed by atoms with Gasteiger partial charge in [-0.25, -0.2) is 0 Å². The Hall–Kier alpha value is -1.88. The van der Waals surface area contributed by atoms with Crippen molar-refractivity contribution in [2.45, 2.75) is 44.6 Å². The van der Waals surface area contributed by atoms with E-state index in [1.807, 2.05) is 35.2 Å². The van der Waals surface area contributed by atoms with Crippen molar-refractivity contribution in [2.75, 3.05) is 26.8 Å². The van der Waals surface area contributed by atoms with Crippen LogP contribution in [-0.4, -0.2) is 43.5 Å². The molecule has 1 aliphatic rings. The summed E-state index contributed by atoms with van der Waals surface area (Å²) in [4.78, 5) is 26.9. The number of rotatable bonds is 4. The highest BCUT2D eigenvalue weighted by atomic mass is 16.5. The van der Waals surface area contributed by atoms with E-state index in [1.54, 1.807) is 7.11 Å². The van der Waals surface area contributed by atoms with Crippen molar-refractivity contribution in [1.29, 1.82) is 0 Å². The van der Waals surface area contributed by atoms with Crippen molar-refractivity contribution in [1.82, 2.24) is 10.2 Å². The van der Waals surface area contributed by atoms with Crippen molar-refractivity contribution < 1.29 is 14.3 Å². The molecular weight excluding hydrogens is 304 g/mol. The smallest absolute Gasteiger partial charge is 0.225 e. The second-order valence-electron chi connectivity index (χ2n) is 6.22. The first-order chi connectivity index (χ1) is 11.7. The monoisotopic (exact) mass is 332 g/mol. The van der Waals surface area contributed by atoms with E-state index in [9.17, 15) is 9.59 Å². The summed E-state index contributed by atoms with van der Waals surface area (Å²) in [7, 11) is 1.60. The second-order valence-corrected chi connectivity index (χ2v) is 6.22. The summed E-state index contributed by atoms with van der Waals surface area (Å²) in [6, 6.07) is 9.63. The minimum atomic E-state index is -0.214. The van der Waals surface area contributed by atoms with Gasteiger partial charge < -0.3 is 15.0 Å². The van der Waals surface area contributed by atoms with Crippen molar-refractivity contribution in [3.63, 3.8) is 0 Å². The minimum Gasteiger partial charge on any atom is -0.384 e. The lowest BCUT2D eigenvalue weighted by Gasteiger charge is -2.32. The lowest BCUT2D eigenvalue weighted by Crippen LogP contribution is -2.39. The van der Waals surface area contributed by atoms with E-state index in [4.69, 9.17) is 4.74 Å². The summed E-state index contributed by atoms with van der Waals surface area (Å²) in [6.45, 7) is 1.82. The van der Waals surface area contributed by atoms with Crippen LogP contribution in [0.5, 0.6) is 0 Å². The predicted octanol–water partition coefficient (Wildman–Crippen LogP) is 2.67. The Morgan fingerprint density at radius 3 is 2.71 bits per heavy atom. The van der Waals surface area contributed by atoms with Gasteiger partial charge in [-0.3, -0.25) is 9.59 Å². The molecule has 0 spiro atoms. The molecule has 0 bridgehead atoms. The molecule has 2 amide bonds. The van der Waals surface area contributed by atoms with Crippen molar-refractivity contribution in [3.8, 4) is 0 Å². The molecule has 1 atom stereocenters. The number of amides is 2. The van der Waals surface area contributed by atoms with Gasteiger partial charge in [0, 0.05) is 20.2 Å². The molecule has 0 saturated carbocycles. The molecule has 1 heterocycles. The highest BCUT2D eigenvalue weighted by molar-refractivity contribution is 5.80. The van der Waals surface area contributed by atoms with Gasteiger partial charge in [-0.15, -0.1) is 0 Å². The molecule has 1 aromatic carbocycles. The molecule has 1 saturated heterocycles. The molecule has 1 aromatic rings. The van der Waals surface area contributed by atoms with E-state index >= 15 is 0 Å². The second kappa shape index (κ2) is 10.1. The number of nitrogens with one attached hydrogen (secondary N) is 1. The number of hydrogen-bond acceptors (Lipinski definition) is 3. The van der Waals surface area contributed by atoms with Crippen LogP contribution in [0.4, 0.5) is 0 Å². The van der Waals surface area contributed by atoms with Gasteiger partial charge in [0.05, 0.1) is 25.5 Å². The van der Waals surface area contributed by atoms with E-state index in [0.717, 1.165) is 37.8 Å². The molecule has 0 aromatic heterocycles. The number of methoxy groups -OCH3 is 1. The largest absolute Gasteiger partial charge is 0.384 e. The Morgan fingerprint density at radius 1 is 1.21 bits per heavy atom. The highest BCUT2D eigenvalue weighted by Crippen LogP contribution is 2.26. The zero-order valence-electron chi connectivity index (χ0n) is 14.5. The molecule has 5 nitrogen and oxygen atoms in total. The van der Waals surface area contributed by atoms with Crippen LogP contribution in [0.15, 0.2) is 30.3 Å². The van der Waals surface area contributed by atoms with Gasteiger partial charge in [0.15, 0.2) is 0 Å². The molecule has 0 radical (unpaired) electrons. The van der Waals surface area contributed by atoms with Gasteiger partial charge in [-0.2, -0.15) is 0 Å². The van der Waals surface area contributed by atoms with Crippen LogP contribution in [0.3, 0.4) is 0 Å². The lowest BCUT2D eigenvalue weighted by molar-refractivity contribution is -0.136. The van der Waals surface area contributed by atoms with Crippen LogP contribution < -0.4 is 5.32 Å². The lowest BCUT2D eigenvalue weighted by atomic mass is 10.0. The molecule has 1 fully saturated rings. The van der Waals surface area contributed by atoms with Crippen LogP contribution in [0.2, 0.25) is 0 Å². The zero-order chi connectivity index (χ0) is 17.2. The fourth-order valence-corrected chi connectivity index (χ4v) is 3.11. The van der Waals surface area contributed by atoms with E-state index in [0.29, 0.717) is 26.0 Å². The normalized spacial score (nSPS) is 20.1. The number of nitrogens with zero attached hydrogens (tertiary/aromatic N) is 1. The molecule has 5 heteroatoms. The van der Waals surface area contributed by atoms with Crippen LogP contribution in [0.25, 0.3) is 0 Å². The molecule has 1 N–H and O–H groups in total. The molecule has 1 aliphatic heterocycles. The van der Waals surface area contributed by atoms with E-state index in [2.05, 4.69) is 5.32 Å². The Balaban J connectivity index is 2.24. The topological polar surface area (TPSA) is 58.6 Å². The van der Waals surface area contributed by atoms with Gasteiger partial charge in [-0.05, 0) is 18.4 Å². The summed E-state index contributed by atoms with van der Waals surface area (Å²) in [5.41, 5.74) is 1.01. The average Bonchev–Trinajstić information content (AvgIpc) is 2.65. The first-order valence-electron chi connectivity index (χ1n) is 8.82. The Morgan fingerprint density at radius 2 is 1.96 bits per heavy atom. The van der Waals surface area contributed by atoms with Gasteiger partial charge in [0.25, 0.3) is 0 Å². The third kappa shape index (κ3) is 5.64. The minimum absolute atomic E-state index is 0.00953. The fourth-order valence-electron chi connectivity index (χ4n) is 3.11. The maximum absolute atomic E-state index is 12.7. The first kappa shape index (κ1) is 18.5. The number of carbonyl (C=O) groups is 2. The number of ether oxygens (including phenoxy) is 1. The number of hydrogen-bond donors (Lipinski definition) is 1. The molecule has 0 aliphatic carbocycles. The summed E-state index contributed by atoms with van der Waals surface area (Å²) in [5, 5.41) is 2.98. The van der Waals surface area contributed by atoms with Gasteiger partial charge in [0.2, 0.25) is 11.8 Å². The number of carbonyl (C=O) groups excluding carboxylic acids is 2. The molecule has 2 rings (SSSR count). The van der Waals surface area contributed by atoms with E-state index in [1.165, 1.54) is 0 Å². The van der Waals surface area contributed by atoms with Crippen molar-refractivity contribution >= 4 is 11.8 Å². The van der Waals surface area contributed by atoms with E-state index < -0.39 is 0 Å². The summed E-state index contributed by atoms with van der Waals surface area (Å²) >= 11 is 0. The van der Waals surface area contributed by atoms with Crippen LogP contribution in [0.1, 0.15) is 50.1 Å². The van der Waals surface area contributed by atoms with Gasteiger partial charge >= 0.3 is 0 Å². The summed E-state index contributed by atoms with van der Waals surface area (Å²) in [5.74, 6) is 0.0630. The zero-order valence-corrected chi connectivity index (χ0v) is 14.5. The van der Waals surface area contributed by atoms with Crippen molar-refractivity contribution in [2.24, 2.45) is 0 Å². The molecule has 1 unspecified atom stereocenters. The van der Waals surface area contributed by atoms with Crippen molar-refractivity contribution in [3.05, 3.63) is 35.9 Å². The Labute approximate surface area is 144 Å². The Bertz CT molecular complexity index is 519. The van der Waals surface area contributed by atoms with Crippen LogP contribution in [-0.2, 0) is 14.3 Å². The maximum Gasteiger partial charge on any atom is 0.225 e. The first-order valence-corrected chi connectivity index (χ1v) is 8.82. The summed E-state index contributed by atoms with van der Waals surface area (Å²) in [6.07, 6.45) is 4.78. The van der Waals surface area contributed by atoms with Gasteiger partial charge in [0.1, 0.15) is 0 Å². The van der Waals surface area contributed by atoms with Crippen LogP contribution >= 0.6 is 0 Å². The predicted molar refractivity (Wildman–Crippen MR) is 93.5 cm³/mol. The van der Waals surface area contributed by atoms with Gasteiger partial charge in [-0.1, -0.05) is 43.2 Å². The standard InChI is InChI=1S/C19H28N2O3/c1-24-14-11-19(23)21-13-8-3-2-7-12-20-18(22)15-17(21)16-9-5-4-6-10-16/h4-6,9-10,17H,2-3,7-8,11-15H2,1H3,(H,20,22). The highest BCUT2D eigenvalue weighted by Gasteiger charge is 2.27. The van der Waals surface area contributed by atoms with Crippen LogP contribution in [0, 0.1) is 0 Å². The SMILES string of the molecule is COCCC(=O)N1CCCCCCNC(=O)CC1c1ccccc1. The van der Waals surface area contributed by atoms with E-state index in [-0.39, 0.29) is 17.9 Å². The quantitative estimate of drug-likeness (QED) is 0.922. The Kier molecular flexibility index (Phi) is 7.75. The molecule has 24 heavy (non-hydrogen) atoms. The maximum atomic E-state index is 12.7. The average molecular weight is 332 g/mol. The molecule has 132 valence electrons. The summed E-state index contributed by atoms with van der Waals surface area (Å²) < 4.78 is 5.06. The third-order valence-corrected chi connectivity index (χ3v) is 4.43. The third-order valence-electron chi connectivity index (χ3n) is 4.43. The number of benzene rings is 1. The molecular formula is C19H28N2O3.